The summed E-state index contributed by atoms with van der Waals surface area (Å²) >= 11 is 0. The molecular formula is C30H24FN5O4. The van der Waals surface area contributed by atoms with E-state index in [2.05, 4.69) is 15.1 Å². The molecule has 1 aliphatic heterocycles. The Bertz CT molecular complexity index is 1710. The largest absolute Gasteiger partial charge is 0.360 e. The van der Waals surface area contributed by atoms with E-state index in [1.54, 1.807) is 29.2 Å². The number of hydrogen-bond acceptors (Lipinski definition) is 6. The number of aromatic amines is 1. The average molecular weight is 538 g/mol. The molecule has 10 heteroatoms. The summed E-state index contributed by atoms with van der Waals surface area (Å²) in [5.74, 6) is -1.73. The van der Waals surface area contributed by atoms with Crippen molar-refractivity contribution in [1.29, 1.82) is 0 Å². The van der Waals surface area contributed by atoms with Crippen molar-refractivity contribution in [3.63, 3.8) is 0 Å². The van der Waals surface area contributed by atoms with Crippen molar-refractivity contribution < 1.29 is 23.3 Å². The quantitative estimate of drug-likeness (QED) is 0.258. The van der Waals surface area contributed by atoms with Crippen LogP contribution in [0.4, 0.5) is 4.39 Å². The van der Waals surface area contributed by atoms with Crippen LogP contribution in [0.25, 0.3) is 22.4 Å². The second-order valence-electron chi connectivity index (χ2n) is 9.50. The second kappa shape index (κ2) is 10.6. The van der Waals surface area contributed by atoms with E-state index >= 15 is 4.39 Å². The zero-order valence-electron chi connectivity index (χ0n) is 21.3. The van der Waals surface area contributed by atoms with E-state index in [0.29, 0.717) is 36.5 Å². The summed E-state index contributed by atoms with van der Waals surface area (Å²) in [7, 11) is 0. The Hall–Kier alpha value is -5.12. The van der Waals surface area contributed by atoms with Crippen molar-refractivity contribution in [3.8, 4) is 11.5 Å². The van der Waals surface area contributed by atoms with Crippen LogP contribution in [0, 0.1) is 5.82 Å². The first kappa shape index (κ1) is 25.2. The predicted molar refractivity (Wildman–Crippen MR) is 144 cm³/mol. The number of nitrogens with zero attached hydrogens (tertiary/aromatic N) is 4. The minimum absolute atomic E-state index is 0.0171. The van der Waals surface area contributed by atoms with Gasteiger partial charge in [0.2, 0.25) is 0 Å². The normalized spacial score (nSPS) is 13.5. The highest BCUT2D eigenvalue weighted by Crippen LogP contribution is 2.31. The van der Waals surface area contributed by atoms with Crippen molar-refractivity contribution in [1.82, 2.24) is 24.9 Å². The molecule has 0 atom stereocenters. The summed E-state index contributed by atoms with van der Waals surface area (Å²) < 4.78 is 20.5. The SMILES string of the molecule is O=C(C(=O)N1CCN(C(=O)c2ccccc2)CC1)c1c[nH]c2c(-c3nc(Cc4ccccc4)no3)ccc(F)c12. The molecule has 1 aliphatic rings. The minimum atomic E-state index is -0.833. The van der Waals surface area contributed by atoms with Gasteiger partial charge < -0.3 is 19.3 Å². The van der Waals surface area contributed by atoms with Gasteiger partial charge in [0.25, 0.3) is 23.5 Å². The Labute approximate surface area is 228 Å². The van der Waals surface area contributed by atoms with Crippen LogP contribution < -0.4 is 0 Å². The maximum Gasteiger partial charge on any atom is 0.295 e. The molecule has 0 aliphatic carbocycles. The highest BCUT2D eigenvalue weighted by molar-refractivity contribution is 6.45. The van der Waals surface area contributed by atoms with Crippen LogP contribution in [0.2, 0.25) is 0 Å². The van der Waals surface area contributed by atoms with Gasteiger partial charge in [-0.15, -0.1) is 0 Å². The zero-order chi connectivity index (χ0) is 27.6. The number of piperazine rings is 1. The number of nitrogens with one attached hydrogen (secondary N) is 1. The molecule has 3 heterocycles. The highest BCUT2D eigenvalue weighted by atomic mass is 19.1. The summed E-state index contributed by atoms with van der Waals surface area (Å²) in [5.41, 5.74) is 2.20. The van der Waals surface area contributed by atoms with E-state index in [4.69, 9.17) is 4.52 Å². The summed E-state index contributed by atoms with van der Waals surface area (Å²) in [6.45, 7) is 0.986. The summed E-state index contributed by atoms with van der Waals surface area (Å²) in [6, 6.07) is 21.3. The summed E-state index contributed by atoms with van der Waals surface area (Å²) in [6.07, 6.45) is 1.79. The standard InChI is InChI=1S/C30H24FN5O4/c31-23-12-11-21(28-33-24(34-40-28)17-19-7-3-1-4-8-19)26-25(23)22(18-32-26)27(37)30(39)36-15-13-35(14-16-36)29(38)20-9-5-2-6-10-20/h1-12,18,32H,13-17H2. The fourth-order valence-corrected chi connectivity index (χ4v) is 4.91. The van der Waals surface area contributed by atoms with Crippen molar-refractivity contribution in [2.24, 2.45) is 0 Å². The smallest absolute Gasteiger partial charge is 0.295 e. The van der Waals surface area contributed by atoms with E-state index in [9.17, 15) is 14.4 Å². The van der Waals surface area contributed by atoms with Crippen LogP contribution >= 0.6 is 0 Å². The third kappa shape index (κ3) is 4.75. The van der Waals surface area contributed by atoms with Gasteiger partial charge in [-0.2, -0.15) is 4.98 Å². The van der Waals surface area contributed by atoms with Gasteiger partial charge in [0.15, 0.2) is 5.82 Å². The Morgan fingerprint density at radius 1 is 0.875 bits per heavy atom. The fraction of sp³-hybridized carbons (Fsp3) is 0.167. The fourth-order valence-electron chi connectivity index (χ4n) is 4.91. The number of aromatic nitrogens is 3. The molecule has 2 amide bonds. The van der Waals surface area contributed by atoms with Gasteiger partial charge >= 0.3 is 0 Å². The van der Waals surface area contributed by atoms with E-state index in [0.717, 1.165) is 5.56 Å². The molecule has 200 valence electrons. The van der Waals surface area contributed by atoms with Crippen molar-refractivity contribution in [2.45, 2.75) is 6.42 Å². The molecule has 2 aromatic heterocycles. The molecule has 0 saturated carbocycles. The summed E-state index contributed by atoms with van der Waals surface area (Å²) in [4.78, 5) is 49.5. The molecule has 0 radical (unpaired) electrons. The van der Waals surface area contributed by atoms with Gasteiger partial charge in [-0.1, -0.05) is 53.7 Å². The molecule has 9 nitrogen and oxygen atoms in total. The number of ketones is 1. The number of Topliss-reactive ketones (excluding diaryl/α,β-unsaturated/α-hetero) is 1. The molecule has 0 unspecified atom stereocenters. The van der Waals surface area contributed by atoms with E-state index < -0.39 is 17.5 Å². The van der Waals surface area contributed by atoms with Crippen LogP contribution in [0.15, 0.2) is 83.5 Å². The maximum absolute atomic E-state index is 15.0. The van der Waals surface area contributed by atoms with E-state index in [1.165, 1.54) is 23.2 Å². The Balaban J connectivity index is 1.19. The summed E-state index contributed by atoms with van der Waals surface area (Å²) in [5, 5.41) is 4.02. The molecule has 1 saturated heterocycles. The van der Waals surface area contributed by atoms with Crippen molar-refractivity contribution in [3.05, 3.63) is 107 Å². The zero-order valence-corrected chi connectivity index (χ0v) is 21.3. The lowest BCUT2D eigenvalue weighted by molar-refractivity contribution is -0.127. The van der Waals surface area contributed by atoms with Gasteiger partial charge in [0, 0.05) is 49.7 Å². The number of carbonyl (C=O) groups excluding carboxylic acids is 3. The lowest BCUT2D eigenvalue weighted by Crippen LogP contribution is -2.52. The molecule has 0 spiro atoms. The van der Waals surface area contributed by atoms with Crippen LogP contribution in [0.1, 0.15) is 32.1 Å². The molecule has 0 bridgehead atoms. The third-order valence-corrected chi connectivity index (χ3v) is 7.00. The van der Waals surface area contributed by atoms with Gasteiger partial charge in [-0.05, 0) is 29.8 Å². The molecule has 6 rings (SSSR count). The van der Waals surface area contributed by atoms with Crippen LogP contribution in [0.5, 0.6) is 0 Å². The lowest BCUT2D eigenvalue weighted by Gasteiger charge is -2.34. The maximum atomic E-state index is 15.0. The van der Waals surface area contributed by atoms with Gasteiger partial charge in [0.05, 0.1) is 16.6 Å². The van der Waals surface area contributed by atoms with Gasteiger partial charge in [0.1, 0.15) is 5.82 Å². The van der Waals surface area contributed by atoms with E-state index in [1.807, 2.05) is 36.4 Å². The number of halogens is 1. The van der Waals surface area contributed by atoms with E-state index in [-0.39, 0.29) is 41.4 Å². The number of benzene rings is 3. The molecule has 3 aromatic carbocycles. The molecular weight excluding hydrogens is 513 g/mol. The first-order valence-electron chi connectivity index (χ1n) is 12.8. The molecule has 1 fully saturated rings. The minimum Gasteiger partial charge on any atom is -0.360 e. The van der Waals surface area contributed by atoms with Crippen LogP contribution in [0.3, 0.4) is 0 Å². The Kier molecular flexibility index (Phi) is 6.65. The number of rotatable bonds is 6. The first-order chi connectivity index (χ1) is 19.5. The van der Waals surface area contributed by atoms with Crippen LogP contribution in [-0.2, 0) is 11.2 Å². The number of fused-ring (bicyclic) bond motifs is 1. The number of hydrogen-bond donors (Lipinski definition) is 1. The first-order valence-corrected chi connectivity index (χ1v) is 12.8. The Morgan fingerprint density at radius 2 is 1.55 bits per heavy atom. The van der Waals surface area contributed by atoms with Gasteiger partial charge in [-0.3, -0.25) is 14.4 Å². The topological polar surface area (TPSA) is 112 Å². The Morgan fingerprint density at radius 3 is 2.27 bits per heavy atom. The number of H-pyrrole nitrogens is 1. The highest BCUT2D eigenvalue weighted by Gasteiger charge is 2.31. The predicted octanol–water partition coefficient (Wildman–Crippen LogP) is 4.12. The van der Waals surface area contributed by atoms with Crippen LogP contribution in [-0.4, -0.2) is 68.7 Å². The number of amides is 2. The second-order valence-corrected chi connectivity index (χ2v) is 9.50. The monoisotopic (exact) mass is 537 g/mol. The van der Waals surface area contributed by atoms with Crippen molar-refractivity contribution in [2.75, 3.05) is 26.2 Å². The lowest BCUT2D eigenvalue weighted by atomic mass is 10.0. The van der Waals surface area contributed by atoms with Gasteiger partial charge in [-0.25, -0.2) is 4.39 Å². The van der Waals surface area contributed by atoms with Crippen molar-refractivity contribution >= 4 is 28.5 Å². The molecule has 5 aromatic rings. The number of carbonyl (C=O) groups is 3. The third-order valence-electron chi connectivity index (χ3n) is 7.00. The average Bonchev–Trinajstić information content (AvgIpc) is 3.66. The molecule has 40 heavy (non-hydrogen) atoms. The molecule has 1 N–H and O–H groups in total.